The zero-order valence-corrected chi connectivity index (χ0v) is 18.2. The van der Waals surface area contributed by atoms with Gasteiger partial charge in [-0.25, -0.2) is 14.4 Å². The topological polar surface area (TPSA) is 121 Å². The molecule has 0 radical (unpaired) electrons. The van der Waals surface area contributed by atoms with E-state index >= 15 is 0 Å². The first-order chi connectivity index (χ1) is 16.0. The number of hydrogen-bond acceptors (Lipinski definition) is 9. The minimum Gasteiger partial charge on any atom is -0.461 e. The van der Waals surface area contributed by atoms with Crippen LogP contribution in [0.1, 0.15) is 25.0 Å². The molecule has 2 aromatic carbocycles. The molecule has 0 atom stereocenters. The van der Waals surface area contributed by atoms with Crippen LogP contribution < -0.4 is 9.47 Å². The van der Waals surface area contributed by atoms with Gasteiger partial charge in [0.05, 0.1) is 19.8 Å². The standard InChI is InChI=1S/C24H23NO8/c1-3-29-23(27)32-20-11-10-18(15-21(20)33-24(28)30-4-2)14-19(16-25)22(26)31-13-12-17-8-6-5-7-9-17/h5-11,14-15H,3-4,12-13H2,1-2H3/b19-14-. The zero-order chi connectivity index (χ0) is 24.1. The fraction of sp³-hybridized carbons (Fsp3) is 0.250. The van der Waals surface area contributed by atoms with Crippen molar-refractivity contribution in [2.45, 2.75) is 20.3 Å². The molecule has 0 fully saturated rings. The average Bonchev–Trinajstić information content (AvgIpc) is 2.80. The molecule has 0 aromatic heterocycles. The zero-order valence-electron chi connectivity index (χ0n) is 18.2. The molecule has 9 nitrogen and oxygen atoms in total. The van der Waals surface area contributed by atoms with E-state index in [0.717, 1.165) is 5.56 Å². The summed E-state index contributed by atoms with van der Waals surface area (Å²) < 4.78 is 24.7. The molecule has 172 valence electrons. The predicted octanol–water partition coefficient (Wildman–Crippen LogP) is 4.45. The maximum Gasteiger partial charge on any atom is 0.513 e. The molecule has 0 spiro atoms. The molecule has 0 heterocycles. The summed E-state index contributed by atoms with van der Waals surface area (Å²) in [4.78, 5) is 35.7. The monoisotopic (exact) mass is 453 g/mol. The number of nitrogens with zero attached hydrogens (tertiary/aromatic N) is 1. The lowest BCUT2D eigenvalue weighted by molar-refractivity contribution is -0.138. The normalized spacial score (nSPS) is 10.5. The van der Waals surface area contributed by atoms with Crippen LogP contribution in [-0.2, 0) is 25.4 Å². The number of benzene rings is 2. The number of carbonyl (C=O) groups excluding carboxylic acids is 3. The fourth-order valence-corrected chi connectivity index (χ4v) is 2.54. The van der Waals surface area contributed by atoms with Crippen molar-refractivity contribution in [2.24, 2.45) is 0 Å². The number of esters is 1. The van der Waals surface area contributed by atoms with Gasteiger partial charge in [-0.05, 0) is 43.2 Å². The molecule has 0 saturated carbocycles. The van der Waals surface area contributed by atoms with Crippen molar-refractivity contribution in [1.29, 1.82) is 5.26 Å². The second-order valence-electron chi connectivity index (χ2n) is 6.32. The van der Waals surface area contributed by atoms with Crippen LogP contribution in [0, 0.1) is 11.3 Å². The summed E-state index contributed by atoms with van der Waals surface area (Å²) >= 11 is 0. The van der Waals surface area contributed by atoms with E-state index in [9.17, 15) is 19.6 Å². The molecule has 9 heteroatoms. The van der Waals surface area contributed by atoms with E-state index in [1.807, 2.05) is 30.3 Å². The van der Waals surface area contributed by atoms with Gasteiger partial charge >= 0.3 is 18.3 Å². The smallest absolute Gasteiger partial charge is 0.461 e. The molecule has 0 unspecified atom stereocenters. The van der Waals surface area contributed by atoms with Crippen LogP contribution in [0.3, 0.4) is 0 Å². The highest BCUT2D eigenvalue weighted by Gasteiger charge is 2.17. The molecule has 2 rings (SSSR count). The molecule has 0 amide bonds. The van der Waals surface area contributed by atoms with E-state index in [0.29, 0.717) is 12.0 Å². The van der Waals surface area contributed by atoms with Gasteiger partial charge in [-0.15, -0.1) is 0 Å². The molecule has 33 heavy (non-hydrogen) atoms. The van der Waals surface area contributed by atoms with E-state index in [2.05, 4.69) is 0 Å². The van der Waals surface area contributed by atoms with Crippen LogP contribution in [0.15, 0.2) is 54.1 Å². The van der Waals surface area contributed by atoms with Crippen LogP contribution >= 0.6 is 0 Å². The van der Waals surface area contributed by atoms with Crippen LogP contribution in [-0.4, -0.2) is 38.1 Å². The van der Waals surface area contributed by atoms with Gasteiger partial charge in [0.1, 0.15) is 11.6 Å². The van der Waals surface area contributed by atoms with Crippen molar-refractivity contribution in [3.63, 3.8) is 0 Å². The Morgan fingerprint density at radius 3 is 2.12 bits per heavy atom. The van der Waals surface area contributed by atoms with Gasteiger partial charge in [0.25, 0.3) is 0 Å². The van der Waals surface area contributed by atoms with Gasteiger partial charge < -0.3 is 23.7 Å². The van der Waals surface area contributed by atoms with Crippen LogP contribution in [0.25, 0.3) is 6.08 Å². The highest BCUT2D eigenvalue weighted by molar-refractivity contribution is 5.98. The summed E-state index contributed by atoms with van der Waals surface area (Å²) in [6.45, 7) is 3.46. The van der Waals surface area contributed by atoms with Crippen molar-refractivity contribution >= 4 is 24.4 Å². The third kappa shape index (κ3) is 8.38. The molecule has 0 aliphatic heterocycles. The fourth-order valence-electron chi connectivity index (χ4n) is 2.54. The molecule has 0 aliphatic rings. The summed E-state index contributed by atoms with van der Waals surface area (Å²) in [6.07, 6.45) is -0.248. The molecule has 2 aromatic rings. The SMILES string of the molecule is CCOC(=O)Oc1ccc(/C=C(/C#N)C(=O)OCCc2ccccc2)cc1OC(=O)OCC. The van der Waals surface area contributed by atoms with Gasteiger partial charge in [-0.3, -0.25) is 0 Å². The summed E-state index contributed by atoms with van der Waals surface area (Å²) in [6, 6.07) is 15.3. The lowest BCUT2D eigenvalue weighted by atomic mass is 10.1. The van der Waals surface area contributed by atoms with E-state index < -0.39 is 18.3 Å². The third-order valence-electron chi connectivity index (χ3n) is 4.00. The molecule has 0 bridgehead atoms. The average molecular weight is 453 g/mol. The second-order valence-corrected chi connectivity index (χ2v) is 6.32. The minimum atomic E-state index is -1.02. The number of nitriles is 1. The molecular formula is C24H23NO8. The Hall–Kier alpha value is -4.32. The third-order valence-corrected chi connectivity index (χ3v) is 4.00. The molecule has 0 N–H and O–H groups in total. The second kappa shape index (κ2) is 13.2. The van der Waals surface area contributed by atoms with Crippen molar-refractivity contribution in [3.05, 3.63) is 65.2 Å². The Morgan fingerprint density at radius 2 is 1.52 bits per heavy atom. The van der Waals surface area contributed by atoms with Gasteiger partial charge in [0.2, 0.25) is 0 Å². The van der Waals surface area contributed by atoms with Crippen molar-refractivity contribution in [3.8, 4) is 17.6 Å². The first kappa shape index (κ1) is 24.9. The maximum absolute atomic E-state index is 12.3. The van der Waals surface area contributed by atoms with Gasteiger partial charge in [0.15, 0.2) is 11.5 Å². The molecule has 0 aliphatic carbocycles. The van der Waals surface area contributed by atoms with E-state index in [1.54, 1.807) is 19.9 Å². The van der Waals surface area contributed by atoms with E-state index in [4.69, 9.17) is 23.7 Å². The number of ether oxygens (including phenoxy) is 5. The predicted molar refractivity (Wildman–Crippen MR) is 116 cm³/mol. The first-order valence-corrected chi connectivity index (χ1v) is 10.1. The summed E-state index contributed by atoms with van der Waals surface area (Å²) in [5.41, 5.74) is 1.05. The van der Waals surface area contributed by atoms with Crippen molar-refractivity contribution in [2.75, 3.05) is 19.8 Å². The van der Waals surface area contributed by atoms with Crippen LogP contribution in [0.2, 0.25) is 0 Å². The number of rotatable bonds is 9. The highest BCUT2D eigenvalue weighted by Crippen LogP contribution is 2.30. The minimum absolute atomic E-state index is 0.0693. The highest BCUT2D eigenvalue weighted by atomic mass is 16.7. The Kier molecular flexibility index (Phi) is 9.95. The summed E-state index contributed by atoms with van der Waals surface area (Å²) in [5, 5.41) is 9.38. The molecular weight excluding hydrogens is 430 g/mol. The summed E-state index contributed by atoms with van der Waals surface area (Å²) in [5.74, 6) is -1.07. The van der Waals surface area contributed by atoms with Gasteiger partial charge in [0, 0.05) is 6.42 Å². The Balaban J connectivity index is 2.17. The van der Waals surface area contributed by atoms with Gasteiger partial charge in [-0.2, -0.15) is 5.26 Å². The lowest BCUT2D eigenvalue weighted by Crippen LogP contribution is -2.14. The maximum atomic E-state index is 12.3. The van der Waals surface area contributed by atoms with E-state index in [1.165, 1.54) is 24.3 Å². The Labute approximate surface area is 191 Å². The quantitative estimate of drug-likeness (QED) is 0.178. The summed E-state index contributed by atoms with van der Waals surface area (Å²) in [7, 11) is 0. The molecule has 0 saturated heterocycles. The number of carbonyl (C=O) groups is 3. The van der Waals surface area contributed by atoms with Crippen LogP contribution in [0.5, 0.6) is 11.5 Å². The van der Waals surface area contributed by atoms with Crippen molar-refractivity contribution < 1.29 is 38.1 Å². The largest absolute Gasteiger partial charge is 0.513 e. The van der Waals surface area contributed by atoms with Crippen LogP contribution in [0.4, 0.5) is 9.59 Å². The first-order valence-electron chi connectivity index (χ1n) is 10.1. The van der Waals surface area contributed by atoms with Gasteiger partial charge in [-0.1, -0.05) is 36.4 Å². The van der Waals surface area contributed by atoms with E-state index in [-0.39, 0.29) is 36.9 Å². The Morgan fingerprint density at radius 1 is 0.879 bits per heavy atom. The number of hydrogen-bond donors (Lipinski definition) is 0. The lowest BCUT2D eigenvalue weighted by Gasteiger charge is -2.11. The van der Waals surface area contributed by atoms with Crippen molar-refractivity contribution in [1.82, 2.24) is 0 Å². The Bertz CT molecular complexity index is 1040.